The molecular formula is C34H54N4O. The molecule has 0 saturated heterocycles. The Bertz CT molecular complexity index is 1100. The minimum atomic E-state index is -0.114. The van der Waals surface area contributed by atoms with Crippen LogP contribution in [0.1, 0.15) is 111 Å². The molecular weight excluding hydrogens is 480 g/mol. The van der Waals surface area contributed by atoms with Crippen LogP contribution in [0.25, 0.3) is 0 Å². The van der Waals surface area contributed by atoms with Crippen molar-refractivity contribution < 1.29 is 5.11 Å². The number of hydrogen-bond donors (Lipinski definition) is 2. The average Bonchev–Trinajstić information content (AvgIpc) is 3.50. The van der Waals surface area contributed by atoms with E-state index in [-0.39, 0.29) is 6.10 Å². The molecule has 0 bridgehead atoms. The lowest BCUT2D eigenvalue weighted by atomic mass is 9.47. The van der Waals surface area contributed by atoms with Gasteiger partial charge in [0, 0.05) is 12.6 Å². The van der Waals surface area contributed by atoms with Crippen molar-refractivity contribution in [3.8, 4) is 0 Å². The molecule has 8 atom stereocenters. The summed E-state index contributed by atoms with van der Waals surface area (Å²) >= 11 is 0. The number of hydrogen-bond acceptors (Lipinski definition) is 4. The molecule has 5 heteroatoms. The molecule has 1 aromatic rings. The van der Waals surface area contributed by atoms with Crippen LogP contribution >= 0.6 is 0 Å². The predicted octanol–water partition coefficient (Wildman–Crippen LogP) is 7.39. The van der Waals surface area contributed by atoms with E-state index in [1.54, 1.807) is 5.57 Å². The minimum absolute atomic E-state index is 0.114. The highest BCUT2D eigenvalue weighted by molar-refractivity contribution is 5.25. The average molecular weight is 535 g/mol. The van der Waals surface area contributed by atoms with Crippen LogP contribution in [0.15, 0.2) is 41.1 Å². The third-order valence-electron chi connectivity index (χ3n) is 11.7. The van der Waals surface area contributed by atoms with E-state index in [0.29, 0.717) is 16.9 Å². The molecule has 0 spiro atoms. The molecule has 39 heavy (non-hydrogen) atoms. The molecule has 3 fully saturated rings. The van der Waals surface area contributed by atoms with Crippen molar-refractivity contribution in [1.29, 1.82) is 0 Å². The van der Waals surface area contributed by atoms with E-state index in [4.69, 9.17) is 0 Å². The summed E-state index contributed by atoms with van der Waals surface area (Å²) in [6.45, 7) is 15.7. The second kappa shape index (κ2) is 11.6. The molecule has 2 N–H and O–H groups in total. The number of rotatable bonds is 9. The van der Waals surface area contributed by atoms with Crippen molar-refractivity contribution in [2.24, 2.45) is 34.5 Å². The van der Waals surface area contributed by atoms with Crippen LogP contribution in [-0.2, 0) is 13.1 Å². The van der Waals surface area contributed by atoms with Crippen molar-refractivity contribution in [1.82, 2.24) is 20.3 Å². The summed E-state index contributed by atoms with van der Waals surface area (Å²) in [5.41, 5.74) is 6.18. The topological polar surface area (TPSA) is 63.0 Å². The van der Waals surface area contributed by atoms with Gasteiger partial charge in [0.05, 0.1) is 24.5 Å². The van der Waals surface area contributed by atoms with Crippen LogP contribution in [0.3, 0.4) is 0 Å². The molecule has 216 valence electrons. The summed E-state index contributed by atoms with van der Waals surface area (Å²) in [4.78, 5) is 0. The predicted molar refractivity (Wildman–Crippen MR) is 160 cm³/mol. The SMILES string of the molecule is CC(C)=CCC/C(C)=C/Cn1cc(CN[C@@H](C)[C@H]2CC[C@H]3[C@@H]4CC=C5C[C@@H](O)CC[C@]5(C)[C@H]4CC[C@]23C)nn1. The molecule has 0 amide bonds. The highest BCUT2D eigenvalue weighted by Crippen LogP contribution is 2.66. The molecule has 1 aromatic heterocycles. The number of allylic oxidation sites excluding steroid dienone is 5. The van der Waals surface area contributed by atoms with Gasteiger partial charge in [-0.25, -0.2) is 4.68 Å². The molecule has 0 radical (unpaired) electrons. The van der Waals surface area contributed by atoms with E-state index in [9.17, 15) is 5.11 Å². The van der Waals surface area contributed by atoms with Crippen molar-refractivity contribution in [3.05, 3.63) is 46.8 Å². The number of aromatic nitrogens is 3. The van der Waals surface area contributed by atoms with Gasteiger partial charge in [-0.1, -0.05) is 54.0 Å². The first kappa shape index (κ1) is 28.8. The Morgan fingerprint density at radius 1 is 1.13 bits per heavy atom. The fourth-order valence-electron chi connectivity index (χ4n) is 9.36. The van der Waals surface area contributed by atoms with Crippen molar-refractivity contribution in [2.45, 2.75) is 131 Å². The Morgan fingerprint density at radius 3 is 2.74 bits per heavy atom. The second-order valence-electron chi connectivity index (χ2n) is 14.4. The number of nitrogens with zero attached hydrogens (tertiary/aromatic N) is 3. The standard InChI is InChI=1S/C34H54N4O/c1-23(2)8-7-9-24(3)16-19-38-22-27(36-37-38)21-35-25(4)30-12-13-31-29-11-10-26-20-28(39)14-17-33(26,5)32(29)15-18-34(30,31)6/h8,10,16,22,25,28-32,35,39H,7,9,11-15,17-21H2,1-6H3/b24-16+/t25-,28-,29-,30+,31-,32-,33-,34+/m0/s1. The van der Waals surface area contributed by atoms with Crippen LogP contribution in [0.5, 0.6) is 0 Å². The fourth-order valence-corrected chi connectivity index (χ4v) is 9.36. The van der Waals surface area contributed by atoms with E-state index in [2.05, 4.69) is 81.6 Å². The normalized spacial score (nSPS) is 36.9. The Hall–Kier alpha value is -1.72. The van der Waals surface area contributed by atoms with Gasteiger partial charge in [-0.05, 0) is 126 Å². The summed E-state index contributed by atoms with van der Waals surface area (Å²) in [5, 5.41) is 23.0. The van der Waals surface area contributed by atoms with Gasteiger partial charge < -0.3 is 10.4 Å². The van der Waals surface area contributed by atoms with Crippen LogP contribution in [-0.4, -0.2) is 32.2 Å². The maximum atomic E-state index is 10.3. The fraction of sp³-hybridized carbons (Fsp3) is 0.765. The van der Waals surface area contributed by atoms with Crippen molar-refractivity contribution in [2.75, 3.05) is 0 Å². The Balaban J connectivity index is 1.16. The summed E-state index contributed by atoms with van der Waals surface area (Å²) in [7, 11) is 0. The summed E-state index contributed by atoms with van der Waals surface area (Å²) in [5.74, 6) is 3.18. The minimum Gasteiger partial charge on any atom is -0.393 e. The van der Waals surface area contributed by atoms with Gasteiger partial charge in [-0.15, -0.1) is 5.10 Å². The summed E-state index contributed by atoms with van der Waals surface area (Å²) < 4.78 is 1.97. The number of nitrogens with one attached hydrogen (secondary N) is 1. The van der Waals surface area contributed by atoms with Crippen molar-refractivity contribution in [3.63, 3.8) is 0 Å². The molecule has 0 aliphatic heterocycles. The smallest absolute Gasteiger partial charge is 0.0965 e. The largest absolute Gasteiger partial charge is 0.393 e. The van der Waals surface area contributed by atoms with Gasteiger partial charge in [-0.3, -0.25) is 0 Å². The van der Waals surface area contributed by atoms with Crippen LogP contribution in [0, 0.1) is 34.5 Å². The zero-order valence-electron chi connectivity index (χ0n) is 25.5. The van der Waals surface area contributed by atoms with Crippen LogP contribution < -0.4 is 5.32 Å². The molecule has 0 unspecified atom stereocenters. The van der Waals surface area contributed by atoms with E-state index in [0.717, 1.165) is 68.1 Å². The third-order valence-corrected chi connectivity index (χ3v) is 11.7. The number of aliphatic hydroxyl groups is 1. The number of fused-ring (bicyclic) bond motifs is 5. The van der Waals surface area contributed by atoms with E-state index in [1.165, 1.54) is 49.7 Å². The summed E-state index contributed by atoms with van der Waals surface area (Å²) in [6, 6.07) is 0.481. The lowest BCUT2D eigenvalue weighted by Crippen LogP contribution is -2.52. The summed E-state index contributed by atoms with van der Waals surface area (Å²) in [6.07, 6.45) is 21.1. The lowest BCUT2D eigenvalue weighted by Gasteiger charge is -2.58. The lowest BCUT2D eigenvalue weighted by molar-refractivity contribution is -0.0536. The highest BCUT2D eigenvalue weighted by atomic mass is 16.3. The van der Waals surface area contributed by atoms with Gasteiger partial charge in [0.15, 0.2) is 0 Å². The monoisotopic (exact) mass is 534 g/mol. The second-order valence-corrected chi connectivity index (χ2v) is 14.4. The third kappa shape index (κ3) is 5.86. The maximum Gasteiger partial charge on any atom is 0.0965 e. The molecule has 4 aliphatic carbocycles. The van der Waals surface area contributed by atoms with Gasteiger partial charge in [-0.2, -0.15) is 0 Å². The first-order chi connectivity index (χ1) is 18.6. The molecule has 0 aromatic carbocycles. The number of aliphatic hydroxyl groups excluding tert-OH is 1. The zero-order chi connectivity index (χ0) is 27.8. The molecule has 3 saturated carbocycles. The van der Waals surface area contributed by atoms with Gasteiger partial charge >= 0.3 is 0 Å². The van der Waals surface area contributed by atoms with E-state index < -0.39 is 0 Å². The zero-order valence-corrected chi connectivity index (χ0v) is 25.5. The van der Waals surface area contributed by atoms with Crippen molar-refractivity contribution >= 4 is 0 Å². The molecule has 5 rings (SSSR count). The van der Waals surface area contributed by atoms with Gasteiger partial charge in [0.25, 0.3) is 0 Å². The molecule has 4 aliphatic rings. The van der Waals surface area contributed by atoms with Gasteiger partial charge in [0.2, 0.25) is 0 Å². The molecule has 1 heterocycles. The Morgan fingerprint density at radius 2 is 1.95 bits per heavy atom. The van der Waals surface area contributed by atoms with E-state index in [1.807, 2.05) is 4.68 Å². The van der Waals surface area contributed by atoms with Crippen LogP contribution in [0.2, 0.25) is 0 Å². The maximum absolute atomic E-state index is 10.3. The Kier molecular flexibility index (Phi) is 8.60. The van der Waals surface area contributed by atoms with E-state index >= 15 is 0 Å². The first-order valence-corrected chi connectivity index (χ1v) is 15.9. The van der Waals surface area contributed by atoms with Gasteiger partial charge in [0.1, 0.15) is 0 Å². The Labute approximate surface area is 237 Å². The molecule has 5 nitrogen and oxygen atoms in total. The first-order valence-electron chi connectivity index (χ1n) is 15.9. The highest BCUT2D eigenvalue weighted by Gasteiger charge is 2.59. The van der Waals surface area contributed by atoms with Crippen LogP contribution in [0.4, 0.5) is 0 Å². The quantitative estimate of drug-likeness (QED) is 0.324.